The van der Waals surface area contributed by atoms with Crippen LogP contribution in [0.5, 0.6) is 0 Å². The molecule has 5 heteroatoms. The summed E-state index contributed by atoms with van der Waals surface area (Å²) in [6.45, 7) is 0. The second kappa shape index (κ2) is 3.78. The van der Waals surface area contributed by atoms with Crippen molar-refractivity contribution in [2.75, 3.05) is 0 Å². The van der Waals surface area contributed by atoms with Crippen LogP contribution in [0.2, 0.25) is 0 Å². The van der Waals surface area contributed by atoms with E-state index < -0.39 is 5.91 Å². The molecule has 0 radical (unpaired) electrons. The first kappa shape index (κ1) is 9.79. The Morgan fingerprint density at radius 3 is 2.73 bits per heavy atom. The van der Waals surface area contributed by atoms with Gasteiger partial charge in [-0.1, -0.05) is 12.1 Å². The van der Waals surface area contributed by atoms with E-state index in [1.807, 2.05) is 0 Å². The molecular weight excluding hydrogens is 215 g/mol. The van der Waals surface area contributed by atoms with Gasteiger partial charge in [0.25, 0.3) is 5.91 Å². The van der Waals surface area contributed by atoms with E-state index in [9.17, 15) is 9.18 Å². The number of aromatic nitrogens is 1. The van der Waals surface area contributed by atoms with E-state index in [0.717, 1.165) is 0 Å². The SMILES string of the molecule is NC(=O)c1csc(-c2ccccc2F)n1. The van der Waals surface area contributed by atoms with Gasteiger partial charge >= 0.3 is 0 Å². The number of halogens is 1. The van der Waals surface area contributed by atoms with E-state index in [-0.39, 0.29) is 11.5 Å². The normalized spacial score (nSPS) is 10.2. The molecule has 0 unspecified atom stereocenters. The smallest absolute Gasteiger partial charge is 0.268 e. The van der Waals surface area contributed by atoms with E-state index in [0.29, 0.717) is 10.6 Å². The Balaban J connectivity index is 2.46. The first-order valence-corrected chi connectivity index (χ1v) is 5.06. The molecule has 0 aliphatic rings. The molecular formula is C10H7FN2OS. The summed E-state index contributed by atoms with van der Waals surface area (Å²) in [6.07, 6.45) is 0. The summed E-state index contributed by atoms with van der Waals surface area (Å²) in [7, 11) is 0. The highest BCUT2D eigenvalue weighted by Crippen LogP contribution is 2.25. The van der Waals surface area contributed by atoms with Gasteiger partial charge < -0.3 is 5.73 Å². The van der Waals surface area contributed by atoms with Crippen LogP contribution in [0.4, 0.5) is 4.39 Å². The lowest BCUT2D eigenvalue weighted by molar-refractivity contribution is 0.0996. The fourth-order valence-corrected chi connectivity index (χ4v) is 1.98. The van der Waals surface area contributed by atoms with E-state index in [1.54, 1.807) is 18.2 Å². The zero-order valence-corrected chi connectivity index (χ0v) is 8.42. The van der Waals surface area contributed by atoms with Crippen LogP contribution in [0.3, 0.4) is 0 Å². The Hall–Kier alpha value is -1.75. The van der Waals surface area contributed by atoms with E-state index >= 15 is 0 Å². The Morgan fingerprint density at radius 1 is 1.40 bits per heavy atom. The van der Waals surface area contributed by atoms with Gasteiger partial charge in [-0.15, -0.1) is 11.3 Å². The Kier molecular flexibility index (Phi) is 2.47. The highest BCUT2D eigenvalue weighted by Gasteiger charge is 2.11. The lowest BCUT2D eigenvalue weighted by Crippen LogP contribution is -2.10. The number of rotatable bonds is 2. The highest BCUT2D eigenvalue weighted by molar-refractivity contribution is 7.13. The second-order valence-electron chi connectivity index (χ2n) is 2.88. The number of hydrogen-bond acceptors (Lipinski definition) is 3. The molecule has 2 rings (SSSR count). The summed E-state index contributed by atoms with van der Waals surface area (Å²) in [5, 5.41) is 1.98. The van der Waals surface area contributed by atoms with Crippen LogP contribution in [0.25, 0.3) is 10.6 Å². The zero-order chi connectivity index (χ0) is 10.8. The van der Waals surface area contributed by atoms with Crippen molar-refractivity contribution in [1.29, 1.82) is 0 Å². The van der Waals surface area contributed by atoms with Crippen molar-refractivity contribution in [1.82, 2.24) is 4.98 Å². The van der Waals surface area contributed by atoms with Crippen LogP contribution in [0, 0.1) is 5.82 Å². The van der Waals surface area contributed by atoms with Crippen molar-refractivity contribution in [2.24, 2.45) is 5.73 Å². The third kappa shape index (κ3) is 1.87. The van der Waals surface area contributed by atoms with Gasteiger partial charge in [-0.25, -0.2) is 9.37 Å². The molecule has 0 spiro atoms. The number of nitrogens with two attached hydrogens (primary N) is 1. The summed E-state index contributed by atoms with van der Waals surface area (Å²) in [4.78, 5) is 14.7. The average Bonchev–Trinajstić information content (AvgIpc) is 2.67. The summed E-state index contributed by atoms with van der Waals surface area (Å²) >= 11 is 1.19. The van der Waals surface area contributed by atoms with Gasteiger partial charge in [-0.3, -0.25) is 4.79 Å². The average molecular weight is 222 g/mol. The molecule has 2 N–H and O–H groups in total. The van der Waals surface area contributed by atoms with Crippen molar-refractivity contribution in [3.05, 3.63) is 41.2 Å². The maximum Gasteiger partial charge on any atom is 0.268 e. The molecule has 0 aliphatic carbocycles. The molecule has 0 aliphatic heterocycles. The van der Waals surface area contributed by atoms with Crippen LogP contribution in [-0.2, 0) is 0 Å². The van der Waals surface area contributed by atoms with Crippen molar-refractivity contribution in [3.63, 3.8) is 0 Å². The molecule has 0 fully saturated rings. The van der Waals surface area contributed by atoms with Gasteiger partial charge in [0.05, 0.1) is 0 Å². The number of thiazole rings is 1. The van der Waals surface area contributed by atoms with Crippen LogP contribution in [-0.4, -0.2) is 10.9 Å². The predicted molar refractivity (Wildman–Crippen MR) is 56.0 cm³/mol. The van der Waals surface area contributed by atoms with Gasteiger partial charge in [0, 0.05) is 10.9 Å². The van der Waals surface area contributed by atoms with Gasteiger partial charge in [0.15, 0.2) is 0 Å². The molecule has 15 heavy (non-hydrogen) atoms. The van der Waals surface area contributed by atoms with E-state index in [2.05, 4.69) is 4.98 Å². The predicted octanol–water partition coefficient (Wildman–Crippen LogP) is 2.05. The first-order valence-electron chi connectivity index (χ1n) is 4.18. The summed E-state index contributed by atoms with van der Waals surface area (Å²) < 4.78 is 13.3. The van der Waals surface area contributed by atoms with Crippen LogP contribution in [0.1, 0.15) is 10.5 Å². The standard InChI is InChI=1S/C10H7FN2OS/c11-7-4-2-1-3-6(7)10-13-8(5-15-10)9(12)14/h1-5H,(H2,12,14). The van der Waals surface area contributed by atoms with Crippen molar-refractivity contribution < 1.29 is 9.18 Å². The Labute approximate surface area is 89.4 Å². The maximum absolute atomic E-state index is 13.3. The molecule has 0 atom stereocenters. The molecule has 1 aromatic heterocycles. The highest BCUT2D eigenvalue weighted by atomic mass is 32.1. The van der Waals surface area contributed by atoms with Crippen molar-refractivity contribution in [2.45, 2.75) is 0 Å². The maximum atomic E-state index is 13.3. The van der Waals surface area contributed by atoms with E-state index in [1.165, 1.54) is 22.8 Å². The molecule has 1 amide bonds. The van der Waals surface area contributed by atoms with Gasteiger partial charge in [0.1, 0.15) is 16.5 Å². The lowest BCUT2D eigenvalue weighted by Gasteiger charge is -1.96. The van der Waals surface area contributed by atoms with Crippen molar-refractivity contribution >= 4 is 17.2 Å². The number of benzene rings is 1. The summed E-state index contributed by atoms with van der Waals surface area (Å²) in [6, 6.07) is 6.27. The summed E-state index contributed by atoms with van der Waals surface area (Å²) in [5.41, 5.74) is 5.60. The topological polar surface area (TPSA) is 56.0 Å². The number of carbonyl (C=O) groups excluding carboxylic acids is 1. The largest absolute Gasteiger partial charge is 0.364 e. The van der Waals surface area contributed by atoms with Crippen LogP contribution in [0.15, 0.2) is 29.6 Å². The Morgan fingerprint density at radius 2 is 2.13 bits per heavy atom. The fraction of sp³-hybridized carbons (Fsp3) is 0. The monoisotopic (exact) mass is 222 g/mol. The molecule has 0 bridgehead atoms. The Bertz CT molecular complexity index is 510. The zero-order valence-electron chi connectivity index (χ0n) is 7.61. The number of carbonyl (C=O) groups is 1. The fourth-order valence-electron chi connectivity index (χ4n) is 1.15. The molecule has 76 valence electrons. The number of hydrogen-bond donors (Lipinski definition) is 1. The number of amides is 1. The minimum absolute atomic E-state index is 0.165. The molecule has 0 saturated carbocycles. The van der Waals surface area contributed by atoms with Gasteiger partial charge in [-0.05, 0) is 12.1 Å². The van der Waals surface area contributed by atoms with Crippen LogP contribution < -0.4 is 5.73 Å². The lowest BCUT2D eigenvalue weighted by atomic mass is 10.2. The third-order valence-corrected chi connectivity index (χ3v) is 2.74. The van der Waals surface area contributed by atoms with Gasteiger partial charge in [0.2, 0.25) is 0 Å². The number of nitrogens with zero attached hydrogens (tertiary/aromatic N) is 1. The van der Waals surface area contributed by atoms with E-state index in [4.69, 9.17) is 5.73 Å². The third-order valence-electron chi connectivity index (χ3n) is 1.86. The summed E-state index contributed by atoms with van der Waals surface area (Å²) in [5.74, 6) is -0.961. The molecule has 1 heterocycles. The van der Waals surface area contributed by atoms with Gasteiger partial charge in [-0.2, -0.15) is 0 Å². The molecule has 0 saturated heterocycles. The molecule has 2 aromatic rings. The van der Waals surface area contributed by atoms with Crippen LogP contribution >= 0.6 is 11.3 Å². The minimum Gasteiger partial charge on any atom is -0.364 e. The second-order valence-corrected chi connectivity index (χ2v) is 3.74. The molecule has 3 nitrogen and oxygen atoms in total. The first-order chi connectivity index (χ1) is 7.18. The minimum atomic E-state index is -0.603. The quantitative estimate of drug-likeness (QED) is 0.845. The number of primary amides is 1. The van der Waals surface area contributed by atoms with Crippen molar-refractivity contribution in [3.8, 4) is 10.6 Å². The molecule has 1 aromatic carbocycles.